The number of hydrogen-bond acceptors (Lipinski definition) is 6. The lowest BCUT2D eigenvalue weighted by molar-refractivity contribution is -0.153. The number of imide groups is 1. The van der Waals surface area contributed by atoms with Crippen molar-refractivity contribution < 1.29 is 28.7 Å². The van der Waals surface area contributed by atoms with Gasteiger partial charge in [0, 0.05) is 12.6 Å². The second-order valence-electron chi connectivity index (χ2n) is 5.61. The van der Waals surface area contributed by atoms with E-state index < -0.39 is 36.5 Å². The Morgan fingerprint density at radius 2 is 1.78 bits per heavy atom. The number of ether oxygens (including phenoxy) is 2. The smallest absolute Gasteiger partial charge is 0.326 e. The van der Waals surface area contributed by atoms with Crippen LogP contribution in [0.4, 0.5) is 4.79 Å². The first-order valence-electron chi connectivity index (χ1n) is 8.60. The molecule has 9 nitrogen and oxygen atoms in total. The summed E-state index contributed by atoms with van der Waals surface area (Å²) >= 11 is 0. The lowest BCUT2D eigenvalue weighted by Gasteiger charge is -2.13. The molecular weight excluding hydrogens is 354 g/mol. The Hall–Kier alpha value is -3.10. The molecule has 0 aliphatic rings. The van der Waals surface area contributed by atoms with Gasteiger partial charge in [0.2, 0.25) is 0 Å². The molecule has 27 heavy (non-hydrogen) atoms. The van der Waals surface area contributed by atoms with E-state index >= 15 is 0 Å². The minimum absolute atomic E-state index is 0.357. The third-order valence-corrected chi connectivity index (χ3v) is 3.42. The fourth-order valence-electron chi connectivity index (χ4n) is 1.86. The van der Waals surface area contributed by atoms with E-state index in [1.54, 1.807) is 24.3 Å². The van der Waals surface area contributed by atoms with Gasteiger partial charge < -0.3 is 20.1 Å². The summed E-state index contributed by atoms with van der Waals surface area (Å²) in [5.41, 5.74) is 0.357. The van der Waals surface area contributed by atoms with Crippen molar-refractivity contribution in [2.45, 2.75) is 32.8 Å². The van der Waals surface area contributed by atoms with Crippen molar-refractivity contribution in [1.29, 1.82) is 0 Å². The molecule has 0 spiro atoms. The van der Waals surface area contributed by atoms with Gasteiger partial charge >= 0.3 is 12.0 Å². The maximum Gasteiger partial charge on any atom is 0.326 e. The van der Waals surface area contributed by atoms with Gasteiger partial charge in [0.25, 0.3) is 11.8 Å². The monoisotopic (exact) mass is 379 g/mol. The zero-order valence-corrected chi connectivity index (χ0v) is 15.7. The maximum absolute atomic E-state index is 12.0. The van der Waals surface area contributed by atoms with Gasteiger partial charge in [-0.15, -0.1) is 0 Å². The Bertz CT molecular complexity index is 660. The van der Waals surface area contributed by atoms with Crippen LogP contribution in [0.3, 0.4) is 0 Å². The average molecular weight is 379 g/mol. The largest absolute Gasteiger partial charge is 0.494 e. The summed E-state index contributed by atoms with van der Waals surface area (Å²) in [5, 5.41) is 6.59. The highest BCUT2D eigenvalue weighted by atomic mass is 16.5. The van der Waals surface area contributed by atoms with Gasteiger partial charge in [-0.05, 0) is 37.6 Å². The van der Waals surface area contributed by atoms with Crippen molar-refractivity contribution in [1.82, 2.24) is 16.0 Å². The van der Waals surface area contributed by atoms with Gasteiger partial charge in [0.15, 0.2) is 6.10 Å². The number of carbonyl (C=O) groups is 4. The molecule has 0 saturated carbocycles. The van der Waals surface area contributed by atoms with Crippen LogP contribution in [0.5, 0.6) is 5.75 Å². The highest BCUT2D eigenvalue weighted by Gasteiger charge is 2.20. The van der Waals surface area contributed by atoms with Gasteiger partial charge in [-0.2, -0.15) is 0 Å². The van der Waals surface area contributed by atoms with Crippen molar-refractivity contribution in [3.8, 4) is 5.75 Å². The van der Waals surface area contributed by atoms with Crippen molar-refractivity contribution in [2.75, 3.05) is 20.2 Å². The second kappa shape index (κ2) is 11.5. The molecule has 1 aromatic carbocycles. The summed E-state index contributed by atoms with van der Waals surface area (Å²) in [6, 6.07) is 5.81. The topological polar surface area (TPSA) is 123 Å². The van der Waals surface area contributed by atoms with E-state index in [9.17, 15) is 19.2 Å². The van der Waals surface area contributed by atoms with Gasteiger partial charge in [0.1, 0.15) is 12.3 Å². The first-order valence-corrected chi connectivity index (χ1v) is 8.60. The van der Waals surface area contributed by atoms with E-state index in [0.29, 0.717) is 17.9 Å². The van der Waals surface area contributed by atoms with Gasteiger partial charge in [0.05, 0.1) is 6.61 Å². The molecule has 9 heteroatoms. The van der Waals surface area contributed by atoms with Crippen LogP contribution in [0.2, 0.25) is 0 Å². The standard InChI is InChI=1S/C18H25N3O6/c1-4-5-10-26-14-8-6-13(7-9-14)17(24)20-11-15(22)27-12(2)16(23)21-18(25)19-3/h6-9,12H,4-5,10-11H2,1-3H3,(H,20,24)(H2,19,21,23,25)/t12-/m1/s1. The van der Waals surface area contributed by atoms with Crippen LogP contribution in [0.25, 0.3) is 0 Å². The lowest BCUT2D eigenvalue weighted by Crippen LogP contribution is -2.44. The van der Waals surface area contributed by atoms with E-state index in [-0.39, 0.29) is 0 Å². The number of amides is 4. The predicted octanol–water partition coefficient (Wildman–Crippen LogP) is 0.983. The Kier molecular flexibility index (Phi) is 9.35. The van der Waals surface area contributed by atoms with Crippen LogP contribution >= 0.6 is 0 Å². The van der Waals surface area contributed by atoms with Gasteiger partial charge in [-0.3, -0.25) is 19.7 Å². The third kappa shape index (κ3) is 8.21. The lowest BCUT2D eigenvalue weighted by atomic mass is 10.2. The fourth-order valence-corrected chi connectivity index (χ4v) is 1.86. The molecule has 0 unspecified atom stereocenters. The second-order valence-corrected chi connectivity index (χ2v) is 5.61. The molecule has 148 valence electrons. The Morgan fingerprint density at radius 1 is 1.11 bits per heavy atom. The minimum atomic E-state index is -1.17. The van der Waals surface area contributed by atoms with Crippen LogP contribution in [0, 0.1) is 0 Å². The first-order chi connectivity index (χ1) is 12.9. The summed E-state index contributed by atoms with van der Waals surface area (Å²) in [6.45, 7) is 3.58. The summed E-state index contributed by atoms with van der Waals surface area (Å²) in [4.78, 5) is 46.4. The summed E-state index contributed by atoms with van der Waals surface area (Å²) in [6.07, 6.45) is 0.804. The molecule has 0 heterocycles. The number of benzene rings is 1. The Balaban J connectivity index is 2.41. The van der Waals surface area contributed by atoms with Crippen molar-refractivity contribution in [3.63, 3.8) is 0 Å². The van der Waals surface area contributed by atoms with Gasteiger partial charge in [-0.25, -0.2) is 4.79 Å². The number of rotatable bonds is 9. The maximum atomic E-state index is 12.0. The quantitative estimate of drug-likeness (QED) is 0.434. The van der Waals surface area contributed by atoms with E-state index in [1.807, 2.05) is 5.32 Å². The van der Waals surface area contributed by atoms with E-state index in [0.717, 1.165) is 12.8 Å². The molecule has 1 atom stereocenters. The molecular formula is C18H25N3O6. The fraction of sp³-hybridized carbons (Fsp3) is 0.444. The molecule has 3 N–H and O–H groups in total. The highest BCUT2D eigenvalue weighted by Crippen LogP contribution is 2.12. The van der Waals surface area contributed by atoms with Crippen LogP contribution in [-0.4, -0.2) is 50.1 Å². The number of esters is 1. The molecule has 1 rings (SSSR count). The predicted molar refractivity (Wildman–Crippen MR) is 97.3 cm³/mol. The Labute approximate surface area is 157 Å². The van der Waals surface area contributed by atoms with Crippen LogP contribution in [0.1, 0.15) is 37.0 Å². The summed E-state index contributed by atoms with van der Waals surface area (Å²) in [5.74, 6) is -1.37. The molecule has 0 radical (unpaired) electrons. The van der Waals surface area contributed by atoms with Crippen LogP contribution in [-0.2, 0) is 14.3 Å². The SMILES string of the molecule is CCCCOc1ccc(C(=O)NCC(=O)O[C@H](C)C(=O)NC(=O)NC)cc1. The minimum Gasteiger partial charge on any atom is -0.494 e. The number of carbonyl (C=O) groups excluding carboxylic acids is 4. The first kappa shape index (κ1) is 21.9. The number of unbranched alkanes of at least 4 members (excludes halogenated alkanes) is 1. The summed E-state index contributed by atoms with van der Waals surface area (Å²) in [7, 11) is 1.35. The molecule has 0 saturated heterocycles. The van der Waals surface area contributed by atoms with Crippen LogP contribution in [0.15, 0.2) is 24.3 Å². The van der Waals surface area contributed by atoms with Gasteiger partial charge in [-0.1, -0.05) is 13.3 Å². The molecule has 0 aliphatic carbocycles. The third-order valence-electron chi connectivity index (χ3n) is 3.42. The van der Waals surface area contributed by atoms with E-state index in [2.05, 4.69) is 17.6 Å². The molecule has 0 aliphatic heterocycles. The average Bonchev–Trinajstić information content (AvgIpc) is 2.66. The molecule has 0 bridgehead atoms. The molecule has 0 aromatic heterocycles. The normalized spacial score (nSPS) is 11.1. The zero-order valence-electron chi connectivity index (χ0n) is 15.7. The molecule has 4 amide bonds. The number of nitrogens with one attached hydrogen (secondary N) is 3. The van der Waals surface area contributed by atoms with E-state index in [1.165, 1.54) is 14.0 Å². The zero-order chi connectivity index (χ0) is 20.2. The number of urea groups is 1. The van der Waals surface area contributed by atoms with E-state index in [4.69, 9.17) is 9.47 Å². The number of hydrogen-bond donors (Lipinski definition) is 3. The molecule has 1 aromatic rings. The Morgan fingerprint density at radius 3 is 2.37 bits per heavy atom. The highest BCUT2D eigenvalue weighted by molar-refractivity contribution is 5.98. The molecule has 0 fully saturated rings. The van der Waals surface area contributed by atoms with Crippen molar-refractivity contribution in [2.24, 2.45) is 0 Å². The van der Waals surface area contributed by atoms with Crippen molar-refractivity contribution >= 4 is 23.8 Å². The summed E-state index contributed by atoms with van der Waals surface area (Å²) < 4.78 is 10.4. The van der Waals surface area contributed by atoms with Crippen molar-refractivity contribution in [3.05, 3.63) is 29.8 Å². The van der Waals surface area contributed by atoms with Crippen LogP contribution < -0.4 is 20.7 Å².